The van der Waals surface area contributed by atoms with Crippen LogP contribution in [0.3, 0.4) is 0 Å². The molecule has 0 saturated heterocycles. The number of halogens is 2. The van der Waals surface area contributed by atoms with Crippen molar-refractivity contribution >= 4 is 32.7 Å². The molecule has 0 bridgehead atoms. The number of carbonyl (C=O) groups is 1. The summed E-state index contributed by atoms with van der Waals surface area (Å²) in [6, 6.07) is 9.67. The van der Waals surface area contributed by atoms with E-state index in [2.05, 4.69) is 15.6 Å². The van der Waals surface area contributed by atoms with Crippen molar-refractivity contribution in [3.05, 3.63) is 59.7 Å². The average Bonchev–Trinajstić information content (AvgIpc) is 2.88. The molecule has 4 nitrogen and oxygen atoms in total. The SMILES string of the molecule is CC(NC(=O)Nc1nc2ccccc2s1)c1ccc(F)cc1F. The zero-order valence-electron chi connectivity index (χ0n) is 12.1. The van der Waals surface area contributed by atoms with E-state index in [1.807, 2.05) is 24.3 Å². The van der Waals surface area contributed by atoms with Crippen molar-refractivity contribution in [2.75, 3.05) is 5.32 Å². The van der Waals surface area contributed by atoms with Gasteiger partial charge in [0.1, 0.15) is 11.6 Å². The second-order valence-electron chi connectivity index (χ2n) is 4.97. The van der Waals surface area contributed by atoms with Crippen molar-refractivity contribution in [3.63, 3.8) is 0 Å². The monoisotopic (exact) mass is 333 g/mol. The van der Waals surface area contributed by atoms with Gasteiger partial charge < -0.3 is 5.32 Å². The molecule has 0 aliphatic rings. The maximum absolute atomic E-state index is 13.7. The molecule has 2 N–H and O–H groups in total. The van der Waals surface area contributed by atoms with Crippen molar-refractivity contribution < 1.29 is 13.6 Å². The Morgan fingerprint density at radius 3 is 2.74 bits per heavy atom. The molecule has 0 fully saturated rings. The van der Waals surface area contributed by atoms with Gasteiger partial charge in [-0.2, -0.15) is 0 Å². The molecule has 3 aromatic rings. The Bertz CT molecular complexity index is 832. The van der Waals surface area contributed by atoms with Crippen LogP contribution in [0.5, 0.6) is 0 Å². The van der Waals surface area contributed by atoms with E-state index in [0.717, 1.165) is 22.3 Å². The average molecular weight is 333 g/mol. The van der Waals surface area contributed by atoms with E-state index < -0.39 is 23.7 Å². The summed E-state index contributed by atoms with van der Waals surface area (Å²) in [5.74, 6) is -1.35. The lowest BCUT2D eigenvalue weighted by molar-refractivity contribution is 0.249. The lowest BCUT2D eigenvalue weighted by atomic mass is 10.1. The fourth-order valence-corrected chi connectivity index (χ4v) is 3.05. The van der Waals surface area contributed by atoms with Crippen LogP contribution in [0.15, 0.2) is 42.5 Å². The summed E-state index contributed by atoms with van der Waals surface area (Å²) >= 11 is 1.35. The lowest BCUT2D eigenvalue weighted by Gasteiger charge is -2.15. The minimum Gasteiger partial charge on any atom is -0.331 e. The Morgan fingerprint density at radius 1 is 1.22 bits per heavy atom. The normalized spacial score (nSPS) is 12.1. The van der Waals surface area contributed by atoms with Crippen molar-refractivity contribution in [3.8, 4) is 0 Å². The van der Waals surface area contributed by atoms with Gasteiger partial charge in [-0.1, -0.05) is 29.5 Å². The molecule has 0 spiro atoms. The highest BCUT2D eigenvalue weighted by atomic mass is 32.1. The van der Waals surface area contributed by atoms with Crippen molar-refractivity contribution in [1.82, 2.24) is 10.3 Å². The van der Waals surface area contributed by atoms with Gasteiger partial charge in [0.25, 0.3) is 0 Å². The van der Waals surface area contributed by atoms with Crippen LogP contribution < -0.4 is 10.6 Å². The summed E-state index contributed by atoms with van der Waals surface area (Å²) in [6.07, 6.45) is 0. The number of carbonyl (C=O) groups excluding carboxylic acids is 1. The van der Waals surface area contributed by atoms with E-state index >= 15 is 0 Å². The fraction of sp³-hybridized carbons (Fsp3) is 0.125. The zero-order valence-corrected chi connectivity index (χ0v) is 13.0. The summed E-state index contributed by atoms with van der Waals surface area (Å²) in [7, 11) is 0. The van der Waals surface area contributed by atoms with Gasteiger partial charge >= 0.3 is 6.03 Å². The molecule has 3 rings (SSSR count). The van der Waals surface area contributed by atoms with Gasteiger partial charge in [0.15, 0.2) is 5.13 Å². The first-order valence-electron chi connectivity index (χ1n) is 6.91. The molecule has 118 valence electrons. The first-order chi connectivity index (χ1) is 11.0. The van der Waals surface area contributed by atoms with Crippen LogP contribution in [-0.4, -0.2) is 11.0 Å². The summed E-state index contributed by atoms with van der Waals surface area (Å²) in [5.41, 5.74) is 1.01. The predicted octanol–water partition coefficient (Wildman–Crippen LogP) is 4.46. The van der Waals surface area contributed by atoms with Gasteiger partial charge in [-0.3, -0.25) is 5.32 Å². The Labute approximate surface area is 135 Å². The van der Waals surface area contributed by atoms with E-state index in [1.54, 1.807) is 6.92 Å². The maximum atomic E-state index is 13.7. The number of fused-ring (bicyclic) bond motifs is 1. The van der Waals surface area contributed by atoms with Gasteiger partial charge in [0.05, 0.1) is 16.3 Å². The molecule has 1 aromatic heterocycles. The molecule has 2 aromatic carbocycles. The Morgan fingerprint density at radius 2 is 2.00 bits per heavy atom. The van der Waals surface area contributed by atoms with E-state index in [0.29, 0.717) is 5.13 Å². The van der Waals surface area contributed by atoms with Crippen molar-refractivity contribution in [1.29, 1.82) is 0 Å². The number of anilines is 1. The number of aromatic nitrogens is 1. The van der Waals surface area contributed by atoms with Crippen LogP contribution in [0.2, 0.25) is 0 Å². The smallest absolute Gasteiger partial charge is 0.321 e. The van der Waals surface area contributed by atoms with Crippen LogP contribution >= 0.6 is 11.3 Å². The van der Waals surface area contributed by atoms with Crippen LogP contribution in [0.1, 0.15) is 18.5 Å². The third-order valence-corrected chi connectivity index (χ3v) is 4.24. The Kier molecular flexibility index (Phi) is 4.20. The number of amides is 2. The number of benzene rings is 2. The highest BCUT2D eigenvalue weighted by Gasteiger charge is 2.15. The van der Waals surface area contributed by atoms with Crippen LogP contribution in [-0.2, 0) is 0 Å². The Balaban J connectivity index is 1.68. The summed E-state index contributed by atoms with van der Waals surface area (Å²) in [4.78, 5) is 16.3. The van der Waals surface area contributed by atoms with Crippen molar-refractivity contribution in [2.45, 2.75) is 13.0 Å². The first-order valence-corrected chi connectivity index (χ1v) is 7.72. The number of hydrogen-bond donors (Lipinski definition) is 2. The summed E-state index contributed by atoms with van der Waals surface area (Å²) in [6.45, 7) is 1.62. The van der Waals surface area contributed by atoms with Crippen LogP contribution in [0, 0.1) is 11.6 Å². The minimum atomic E-state index is -0.696. The number of rotatable bonds is 3. The molecule has 2 amide bonds. The molecular formula is C16H13F2N3OS. The van der Waals surface area contributed by atoms with Crippen LogP contribution in [0.25, 0.3) is 10.2 Å². The number of nitrogens with one attached hydrogen (secondary N) is 2. The second-order valence-corrected chi connectivity index (χ2v) is 6.00. The maximum Gasteiger partial charge on any atom is 0.321 e. The molecule has 1 unspecified atom stereocenters. The molecular weight excluding hydrogens is 320 g/mol. The standard InChI is InChI=1S/C16H13F2N3OS/c1-9(11-7-6-10(17)8-12(11)18)19-15(22)21-16-20-13-4-2-3-5-14(13)23-16/h2-9H,1H3,(H2,19,20,21,22). The van der Waals surface area contributed by atoms with Gasteiger partial charge in [0.2, 0.25) is 0 Å². The van der Waals surface area contributed by atoms with Gasteiger partial charge in [0, 0.05) is 11.6 Å². The molecule has 0 aliphatic carbocycles. The quantitative estimate of drug-likeness (QED) is 0.743. The molecule has 0 saturated carbocycles. The van der Waals surface area contributed by atoms with Crippen molar-refractivity contribution in [2.24, 2.45) is 0 Å². The molecule has 23 heavy (non-hydrogen) atoms. The third-order valence-electron chi connectivity index (χ3n) is 3.29. The lowest BCUT2D eigenvalue weighted by Crippen LogP contribution is -2.31. The predicted molar refractivity (Wildman–Crippen MR) is 86.5 cm³/mol. The Hall–Kier alpha value is -2.54. The minimum absolute atomic E-state index is 0.214. The highest BCUT2D eigenvalue weighted by Crippen LogP contribution is 2.25. The van der Waals surface area contributed by atoms with E-state index in [1.165, 1.54) is 17.4 Å². The van der Waals surface area contributed by atoms with E-state index in [4.69, 9.17) is 0 Å². The van der Waals surface area contributed by atoms with E-state index in [9.17, 15) is 13.6 Å². The van der Waals surface area contributed by atoms with E-state index in [-0.39, 0.29) is 5.56 Å². The van der Waals surface area contributed by atoms with Gasteiger partial charge in [-0.05, 0) is 25.1 Å². The molecule has 1 heterocycles. The summed E-state index contributed by atoms with van der Waals surface area (Å²) in [5, 5.41) is 5.68. The topological polar surface area (TPSA) is 54.0 Å². The van der Waals surface area contributed by atoms with Gasteiger partial charge in [-0.15, -0.1) is 0 Å². The zero-order chi connectivity index (χ0) is 16.4. The highest BCUT2D eigenvalue weighted by molar-refractivity contribution is 7.22. The summed E-state index contributed by atoms with van der Waals surface area (Å²) < 4.78 is 27.6. The second kappa shape index (κ2) is 6.29. The number of para-hydroxylation sites is 1. The van der Waals surface area contributed by atoms with Crippen LogP contribution in [0.4, 0.5) is 18.7 Å². The fourth-order valence-electron chi connectivity index (χ4n) is 2.19. The largest absolute Gasteiger partial charge is 0.331 e. The number of thiazole rings is 1. The molecule has 0 radical (unpaired) electrons. The van der Waals surface area contributed by atoms with Gasteiger partial charge in [-0.25, -0.2) is 18.6 Å². The first kappa shape index (κ1) is 15.4. The number of hydrogen-bond acceptors (Lipinski definition) is 3. The molecule has 0 aliphatic heterocycles. The third kappa shape index (κ3) is 3.45. The molecule has 1 atom stereocenters. The number of nitrogens with zero attached hydrogens (tertiary/aromatic N) is 1. The number of urea groups is 1. The molecule has 7 heteroatoms.